The third-order valence-corrected chi connectivity index (χ3v) is 5.36. The van der Waals surface area contributed by atoms with E-state index in [4.69, 9.17) is 16.3 Å². The molecule has 0 radical (unpaired) electrons. The van der Waals surface area contributed by atoms with Gasteiger partial charge in [0.05, 0.1) is 12.5 Å². The molecular formula is C21H26ClNO2. The summed E-state index contributed by atoms with van der Waals surface area (Å²) in [7, 11) is 1.46. The number of nitrogens with zero attached hydrogens (tertiary/aromatic N) is 1. The van der Waals surface area contributed by atoms with Crippen LogP contribution in [0.1, 0.15) is 49.2 Å². The summed E-state index contributed by atoms with van der Waals surface area (Å²) >= 11 is 6.02. The van der Waals surface area contributed by atoms with Crippen molar-refractivity contribution in [1.29, 1.82) is 0 Å². The number of aryl methyl sites for hydroxylation is 1. The minimum absolute atomic E-state index is 0.162. The first-order valence-corrected chi connectivity index (χ1v) is 9.31. The number of methoxy groups -OCH3 is 1. The van der Waals surface area contributed by atoms with Crippen LogP contribution in [0.2, 0.25) is 5.02 Å². The van der Waals surface area contributed by atoms with Crippen LogP contribution >= 0.6 is 11.6 Å². The van der Waals surface area contributed by atoms with Crippen molar-refractivity contribution in [2.45, 2.75) is 52.5 Å². The normalized spacial score (nSPS) is 14.2. The van der Waals surface area contributed by atoms with Crippen molar-refractivity contribution in [2.24, 2.45) is 5.41 Å². The Morgan fingerprint density at radius 3 is 2.56 bits per heavy atom. The zero-order chi connectivity index (χ0) is 18.0. The molecule has 0 aliphatic heterocycles. The van der Waals surface area contributed by atoms with Crippen molar-refractivity contribution in [3.05, 3.63) is 57.9 Å². The van der Waals surface area contributed by atoms with Crippen LogP contribution in [0.4, 0.5) is 0 Å². The van der Waals surface area contributed by atoms with Crippen molar-refractivity contribution in [3.8, 4) is 0 Å². The topological polar surface area (TPSA) is 31.2 Å². The lowest BCUT2D eigenvalue weighted by Crippen LogP contribution is -2.29. The quantitative estimate of drug-likeness (QED) is 0.717. The van der Waals surface area contributed by atoms with Crippen LogP contribution < -0.4 is 0 Å². The van der Waals surface area contributed by atoms with Gasteiger partial charge in [-0.25, -0.2) is 0 Å². The van der Waals surface area contributed by atoms with Gasteiger partial charge in [0.1, 0.15) is 0 Å². The molecular weight excluding hydrogens is 334 g/mol. The molecule has 3 nitrogen and oxygen atoms in total. The summed E-state index contributed by atoms with van der Waals surface area (Å²) < 4.78 is 7.40. The fourth-order valence-corrected chi connectivity index (χ4v) is 3.87. The van der Waals surface area contributed by atoms with Crippen LogP contribution in [0, 0.1) is 5.41 Å². The molecule has 3 rings (SSSR count). The molecule has 25 heavy (non-hydrogen) atoms. The van der Waals surface area contributed by atoms with Crippen LogP contribution in [0.15, 0.2) is 30.3 Å². The molecule has 0 fully saturated rings. The molecule has 1 aliphatic rings. The maximum Gasteiger partial charge on any atom is 0.311 e. The van der Waals surface area contributed by atoms with Gasteiger partial charge in [0.15, 0.2) is 0 Å². The van der Waals surface area contributed by atoms with Gasteiger partial charge in [-0.05, 0) is 68.9 Å². The van der Waals surface area contributed by atoms with E-state index in [0.717, 1.165) is 24.4 Å². The van der Waals surface area contributed by atoms with Crippen LogP contribution in [-0.2, 0) is 35.3 Å². The highest BCUT2D eigenvalue weighted by molar-refractivity contribution is 6.30. The number of carbonyl (C=O) groups is 1. The molecule has 2 aromatic rings. The van der Waals surface area contributed by atoms with Crippen LogP contribution in [-0.4, -0.2) is 17.6 Å². The highest BCUT2D eigenvalue weighted by atomic mass is 35.5. The Morgan fingerprint density at radius 1 is 1.20 bits per heavy atom. The molecule has 0 amide bonds. The Labute approximate surface area is 154 Å². The predicted octanol–water partition coefficient (Wildman–Crippen LogP) is 4.81. The molecule has 0 atom stereocenters. The Bertz CT molecular complexity index is 759. The molecule has 4 heteroatoms. The third kappa shape index (κ3) is 3.92. The van der Waals surface area contributed by atoms with Crippen molar-refractivity contribution in [1.82, 2.24) is 4.57 Å². The molecule has 0 N–H and O–H groups in total. The van der Waals surface area contributed by atoms with E-state index >= 15 is 0 Å². The fourth-order valence-electron chi connectivity index (χ4n) is 3.75. The maximum absolute atomic E-state index is 12.1. The van der Waals surface area contributed by atoms with E-state index in [0.29, 0.717) is 6.42 Å². The number of esters is 1. The number of carbonyl (C=O) groups excluding carboxylic acids is 1. The maximum atomic E-state index is 12.1. The number of rotatable bonds is 5. The number of aromatic nitrogens is 1. The first-order valence-electron chi connectivity index (χ1n) is 8.94. The standard InChI is InChI=1S/C21H26ClNO2/c1-21(2,20(24)25-3)13-18-12-16-6-4-5-7-19(16)23(18)14-15-8-10-17(22)11-9-15/h8-12H,4-7,13-14H2,1-3H3. The summed E-state index contributed by atoms with van der Waals surface area (Å²) in [5.41, 5.74) is 4.78. The van der Waals surface area contributed by atoms with Gasteiger partial charge in [-0.1, -0.05) is 23.7 Å². The lowest BCUT2D eigenvalue weighted by Gasteiger charge is -2.23. The number of benzene rings is 1. The van der Waals surface area contributed by atoms with E-state index in [9.17, 15) is 4.79 Å². The molecule has 0 spiro atoms. The van der Waals surface area contributed by atoms with Crippen molar-refractivity contribution >= 4 is 17.6 Å². The number of fused-ring (bicyclic) bond motifs is 1. The van der Waals surface area contributed by atoms with Gasteiger partial charge in [-0.2, -0.15) is 0 Å². The SMILES string of the molecule is COC(=O)C(C)(C)Cc1cc2c(n1Cc1ccc(Cl)cc1)CCCC2. The number of hydrogen-bond acceptors (Lipinski definition) is 2. The Hall–Kier alpha value is -1.74. The average Bonchev–Trinajstić information content (AvgIpc) is 2.93. The summed E-state index contributed by atoms with van der Waals surface area (Å²) in [6.45, 7) is 4.73. The number of halogens is 1. The van der Waals surface area contributed by atoms with Gasteiger partial charge in [0, 0.05) is 29.4 Å². The zero-order valence-corrected chi connectivity index (χ0v) is 16.0. The van der Waals surface area contributed by atoms with E-state index < -0.39 is 5.41 Å². The fraction of sp³-hybridized carbons (Fsp3) is 0.476. The van der Waals surface area contributed by atoms with Gasteiger partial charge in [-0.15, -0.1) is 0 Å². The molecule has 0 unspecified atom stereocenters. The van der Waals surface area contributed by atoms with Crippen molar-refractivity contribution in [3.63, 3.8) is 0 Å². The van der Waals surface area contributed by atoms with Gasteiger partial charge < -0.3 is 9.30 Å². The second kappa shape index (κ2) is 7.25. The average molecular weight is 360 g/mol. The van der Waals surface area contributed by atoms with Crippen LogP contribution in [0.25, 0.3) is 0 Å². The molecule has 1 aliphatic carbocycles. The highest BCUT2D eigenvalue weighted by Gasteiger charge is 2.31. The highest BCUT2D eigenvalue weighted by Crippen LogP contribution is 2.31. The Kier molecular flexibility index (Phi) is 5.24. The molecule has 134 valence electrons. The largest absolute Gasteiger partial charge is 0.469 e. The molecule has 0 saturated heterocycles. The zero-order valence-electron chi connectivity index (χ0n) is 15.3. The number of hydrogen-bond donors (Lipinski definition) is 0. The van der Waals surface area contributed by atoms with E-state index in [1.807, 2.05) is 26.0 Å². The number of ether oxygens (including phenoxy) is 1. The van der Waals surface area contributed by atoms with E-state index in [-0.39, 0.29) is 5.97 Å². The van der Waals surface area contributed by atoms with E-state index in [1.165, 1.54) is 42.5 Å². The van der Waals surface area contributed by atoms with E-state index in [2.05, 4.69) is 22.8 Å². The molecule has 1 heterocycles. The van der Waals surface area contributed by atoms with E-state index in [1.54, 1.807) is 0 Å². The van der Waals surface area contributed by atoms with Gasteiger partial charge >= 0.3 is 5.97 Å². The monoisotopic (exact) mass is 359 g/mol. The second-order valence-electron chi connectivity index (χ2n) is 7.58. The first-order chi connectivity index (χ1) is 11.9. The Balaban J connectivity index is 1.95. The third-order valence-electron chi connectivity index (χ3n) is 5.11. The smallest absolute Gasteiger partial charge is 0.311 e. The molecule has 0 saturated carbocycles. The predicted molar refractivity (Wildman–Crippen MR) is 101 cm³/mol. The lowest BCUT2D eigenvalue weighted by molar-refractivity contribution is -0.150. The van der Waals surface area contributed by atoms with Crippen LogP contribution in [0.3, 0.4) is 0 Å². The summed E-state index contributed by atoms with van der Waals surface area (Å²) in [5, 5.41) is 0.755. The van der Waals surface area contributed by atoms with Crippen LogP contribution in [0.5, 0.6) is 0 Å². The summed E-state index contributed by atoms with van der Waals surface area (Å²) in [5.74, 6) is -0.162. The van der Waals surface area contributed by atoms with Gasteiger partial charge in [0.25, 0.3) is 0 Å². The molecule has 1 aromatic carbocycles. The lowest BCUT2D eigenvalue weighted by atomic mass is 9.87. The Morgan fingerprint density at radius 2 is 1.88 bits per heavy atom. The molecule has 1 aromatic heterocycles. The van der Waals surface area contributed by atoms with Crippen molar-refractivity contribution in [2.75, 3.05) is 7.11 Å². The van der Waals surface area contributed by atoms with Gasteiger partial charge in [0.2, 0.25) is 0 Å². The second-order valence-corrected chi connectivity index (χ2v) is 8.02. The van der Waals surface area contributed by atoms with Crippen molar-refractivity contribution < 1.29 is 9.53 Å². The molecule has 0 bridgehead atoms. The summed E-state index contributed by atoms with van der Waals surface area (Å²) in [4.78, 5) is 12.1. The first kappa shape index (κ1) is 18.1. The minimum Gasteiger partial charge on any atom is -0.469 e. The summed E-state index contributed by atoms with van der Waals surface area (Å²) in [6.07, 6.45) is 5.41. The van der Waals surface area contributed by atoms with Gasteiger partial charge in [-0.3, -0.25) is 4.79 Å². The minimum atomic E-state index is -0.534. The summed E-state index contributed by atoms with van der Waals surface area (Å²) in [6, 6.07) is 10.3.